The van der Waals surface area contributed by atoms with E-state index in [2.05, 4.69) is 13.8 Å². The Morgan fingerprint density at radius 2 is 0.522 bits per heavy atom. The maximum atomic E-state index is 11.8. The number of rotatable bonds is 39. The third-order valence-corrected chi connectivity index (χ3v) is 8.07. The molecule has 0 spiro atoms. The van der Waals surface area contributed by atoms with E-state index < -0.39 is 0 Å². The van der Waals surface area contributed by atoms with E-state index in [4.69, 9.17) is 28.4 Å². The molecule has 0 saturated carbocycles. The molecule has 274 valence electrons. The zero-order valence-corrected chi connectivity index (χ0v) is 30.3. The fraction of sp³-hybridized carbons (Fsp3) is 0.947. The molecule has 8 nitrogen and oxygen atoms in total. The molecule has 0 aromatic heterocycles. The van der Waals surface area contributed by atoms with Crippen molar-refractivity contribution in [3.8, 4) is 0 Å². The Morgan fingerprint density at radius 3 is 0.783 bits per heavy atom. The van der Waals surface area contributed by atoms with Crippen molar-refractivity contribution in [1.29, 1.82) is 0 Å². The molecule has 0 amide bonds. The van der Waals surface area contributed by atoms with Crippen molar-refractivity contribution in [2.24, 2.45) is 0 Å². The molecule has 0 N–H and O–H groups in total. The lowest BCUT2D eigenvalue weighted by Gasteiger charge is -2.08. The lowest BCUT2D eigenvalue weighted by molar-refractivity contribution is -0.146. The maximum absolute atomic E-state index is 11.8. The van der Waals surface area contributed by atoms with Crippen molar-refractivity contribution in [2.75, 3.05) is 66.1 Å². The molecule has 0 aliphatic heterocycles. The van der Waals surface area contributed by atoms with Gasteiger partial charge in [-0.25, -0.2) is 0 Å². The molecule has 0 fully saturated rings. The zero-order valence-electron chi connectivity index (χ0n) is 30.3. The second-order valence-corrected chi connectivity index (χ2v) is 12.5. The summed E-state index contributed by atoms with van der Waals surface area (Å²) in [7, 11) is 0. The summed E-state index contributed by atoms with van der Waals surface area (Å²) in [5, 5.41) is 0. The SMILES string of the molecule is CCCCCCCCCCCCCCCC(=O)OCCOCCOCCOCCOCCOC(=O)CCCCCCCCCCC. The fourth-order valence-corrected chi connectivity index (χ4v) is 5.20. The van der Waals surface area contributed by atoms with Crippen LogP contribution in [0, 0.1) is 0 Å². The van der Waals surface area contributed by atoms with Crippen molar-refractivity contribution in [1.82, 2.24) is 0 Å². The summed E-state index contributed by atoms with van der Waals surface area (Å²) in [6.45, 7) is 8.66. The van der Waals surface area contributed by atoms with Gasteiger partial charge in [-0.05, 0) is 12.8 Å². The van der Waals surface area contributed by atoms with E-state index in [9.17, 15) is 9.59 Å². The predicted molar refractivity (Wildman–Crippen MR) is 187 cm³/mol. The van der Waals surface area contributed by atoms with Crippen LogP contribution in [0.4, 0.5) is 0 Å². The molecule has 0 aliphatic carbocycles. The first kappa shape index (κ1) is 44.8. The van der Waals surface area contributed by atoms with Gasteiger partial charge in [0.2, 0.25) is 0 Å². The van der Waals surface area contributed by atoms with Gasteiger partial charge in [-0.1, -0.05) is 142 Å². The molecule has 0 bridgehead atoms. The molecule has 8 heteroatoms. The quantitative estimate of drug-likeness (QED) is 0.0477. The van der Waals surface area contributed by atoms with Crippen molar-refractivity contribution < 1.29 is 38.0 Å². The third kappa shape index (κ3) is 39.0. The molecule has 0 heterocycles. The summed E-state index contributed by atoms with van der Waals surface area (Å²) in [5.74, 6) is -0.264. The van der Waals surface area contributed by atoms with Crippen LogP contribution < -0.4 is 0 Å². The highest BCUT2D eigenvalue weighted by atomic mass is 16.6. The fourth-order valence-electron chi connectivity index (χ4n) is 5.20. The summed E-state index contributed by atoms with van der Waals surface area (Å²) in [5.41, 5.74) is 0. The van der Waals surface area contributed by atoms with Gasteiger partial charge in [0.05, 0.1) is 52.9 Å². The van der Waals surface area contributed by atoms with Crippen LogP contribution in [-0.4, -0.2) is 78.0 Å². The van der Waals surface area contributed by atoms with E-state index in [1.165, 1.54) is 116 Å². The zero-order chi connectivity index (χ0) is 33.4. The smallest absolute Gasteiger partial charge is 0.305 e. The first-order valence-corrected chi connectivity index (χ1v) is 19.3. The Morgan fingerprint density at radius 1 is 0.304 bits per heavy atom. The van der Waals surface area contributed by atoms with Gasteiger partial charge in [0.15, 0.2) is 0 Å². The van der Waals surface area contributed by atoms with Crippen molar-refractivity contribution in [3.63, 3.8) is 0 Å². The van der Waals surface area contributed by atoms with Crippen LogP contribution in [0.25, 0.3) is 0 Å². The molecule has 0 aliphatic rings. The van der Waals surface area contributed by atoms with Gasteiger partial charge in [0, 0.05) is 12.8 Å². The van der Waals surface area contributed by atoms with Crippen LogP contribution in [0.15, 0.2) is 0 Å². The van der Waals surface area contributed by atoms with Crippen LogP contribution in [-0.2, 0) is 38.0 Å². The van der Waals surface area contributed by atoms with Gasteiger partial charge in [-0.2, -0.15) is 0 Å². The van der Waals surface area contributed by atoms with E-state index in [1.54, 1.807) is 0 Å². The van der Waals surface area contributed by atoms with Crippen LogP contribution in [0.5, 0.6) is 0 Å². The van der Waals surface area contributed by atoms with Gasteiger partial charge in [0.1, 0.15) is 13.2 Å². The summed E-state index contributed by atoms with van der Waals surface area (Å²) in [4.78, 5) is 23.6. The number of carbonyl (C=O) groups is 2. The summed E-state index contributed by atoms with van der Waals surface area (Å²) in [6.07, 6.45) is 29.0. The third-order valence-electron chi connectivity index (χ3n) is 8.07. The summed E-state index contributed by atoms with van der Waals surface area (Å²) < 4.78 is 32.3. The number of unbranched alkanes of at least 4 members (excludes halogenated alkanes) is 20. The minimum absolute atomic E-state index is 0.130. The van der Waals surface area contributed by atoms with Gasteiger partial charge in [0.25, 0.3) is 0 Å². The molecule has 0 atom stereocenters. The van der Waals surface area contributed by atoms with E-state index >= 15 is 0 Å². The standard InChI is InChI=1S/C38H74O8/c1-3-5-7-9-11-13-14-15-16-18-20-22-24-26-38(40)46-36-34-44-32-30-42-28-27-41-29-31-43-33-35-45-37(39)25-23-21-19-17-12-10-8-6-4-2/h3-36H2,1-2H3. The second kappa shape index (κ2) is 40.0. The Kier molecular flexibility index (Phi) is 38.9. The number of ether oxygens (including phenoxy) is 6. The molecular formula is C38H74O8. The van der Waals surface area contributed by atoms with Gasteiger partial charge in [-0.15, -0.1) is 0 Å². The Labute approximate surface area is 283 Å². The van der Waals surface area contributed by atoms with Crippen LogP contribution in [0.2, 0.25) is 0 Å². The normalized spacial score (nSPS) is 11.3. The van der Waals surface area contributed by atoms with Crippen LogP contribution >= 0.6 is 0 Å². The van der Waals surface area contributed by atoms with Gasteiger partial charge in [-0.3, -0.25) is 9.59 Å². The monoisotopic (exact) mass is 659 g/mol. The maximum Gasteiger partial charge on any atom is 0.305 e. The lowest BCUT2D eigenvalue weighted by atomic mass is 10.0. The van der Waals surface area contributed by atoms with Crippen LogP contribution in [0.1, 0.15) is 168 Å². The minimum atomic E-state index is -0.134. The molecule has 46 heavy (non-hydrogen) atoms. The average molecular weight is 659 g/mol. The molecule has 0 aromatic carbocycles. The van der Waals surface area contributed by atoms with E-state index in [0.717, 1.165) is 25.7 Å². The van der Waals surface area contributed by atoms with E-state index in [1.807, 2.05) is 0 Å². The summed E-state index contributed by atoms with van der Waals surface area (Å²) in [6, 6.07) is 0. The summed E-state index contributed by atoms with van der Waals surface area (Å²) >= 11 is 0. The Hall–Kier alpha value is -1.22. The molecule has 0 saturated heterocycles. The molecule has 0 radical (unpaired) electrons. The van der Waals surface area contributed by atoms with E-state index in [-0.39, 0.29) is 18.5 Å². The Balaban J connectivity index is 3.20. The highest BCUT2D eigenvalue weighted by Gasteiger charge is 2.04. The van der Waals surface area contributed by atoms with Crippen LogP contribution in [0.3, 0.4) is 0 Å². The minimum Gasteiger partial charge on any atom is -0.463 e. The average Bonchev–Trinajstić information content (AvgIpc) is 3.05. The molecule has 0 aromatic rings. The van der Waals surface area contributed by atoms with Gasteiger partial charge < -0.3 is 28.4 Å². The number of hydrogen-bond donors (Lipinski definition) is 0. The second-order valence-electron chi connectivity index (χ2n) is 12.5. The Bertz CT molecular complexity index is 616. The highest BCUT2D eigenvalue weighted by Crippen LogP contribution is 2.13. The molecular weight excluding hydrogens is 584 g/mol. The van der Waals surface area contributed by atoms with Crippen molar-refractivity contribution >= 4 is 11.9 Å². The molecule has 0 rings (SSSR count). The lowest BCUT2D eigenvalue weighted by Crippen LogP contribution is -2.15. The number of esters is 2. The largest absolute Gasteiger partial charge is 0.463 e. The predicted octanol–water partition coefficient (Wildman–Crippen LogP) is 9.54. The van der Waals surface area contributed by atoms with Crippen molar-refractivity contribution in [3.05, 3.63) is 0 Å². The highest BCUT2D eigenvalue weighted by molar-refractivity contribution is 5.69. The molecule has 0 unspecified atom stereocenters. The van der Waals surface area contributed by atoms with E-state index in [0.29, 0.717) is 72.3 Å². The number of carbonyl (C=O) groups excluding carboxylic acids is 2. The first-order chi connectivity index (χ1) is 22.7. The van der Waals surface area contributed by atoms with Gasteiger partial charge >= 0.3 is 11.9 Å². The first-order valence-electron chi connectivity index (χ1n) is 19.3. The topological polar surface area (TPSA) is 89.5 Å². The van der Waals surface area contributed by atoms with Crippen molar-refractivity contribution in [2.45, 2.75) is 168 Å². The number of hydrogen-bond acceptors (Lipinski definition) is 8.